The molecule has 0 radical (unpaired) electrons. The second kappa shape index (κ2) is 4.04. The smallest absolute Gasteiger partial charge is 0.0558 e. The van der Waals surface area contributed by atoms with Crippen molar-refractivity contribution in [2.24, 2.45) is 5.73 Å². The van der Waals surface area contributed by atoms with E-state index in [0.717, 1.165) is 25.9 Å². The fourth-order valence-corrected chi connectivity index (χ4v) is 1.66. The minimum absolute atomic E-state index is 0.263. The van der Waals surface area contributed by atoms with Crippen LogP contribution in [0.5, 0.6) is 0 Å². The molecule has 1 aliphatic carbocycles. The zero-order valence-electron chi connectivity index (χ0n) is 7.16. The molecule has 3 N–H and O–H groups in total. The van der Waals surface area contributed by atoms with Crippen LogP contribution < -0.4 is 5.73 Å². The van der Waals surface area contributed by atoms with Crippen molar-refractivity contribution in [2.45, 2.75) is 31.8 Å². The molecule has 11 heavy (non-hydrogen) atoms. The summed E-state index contributed by atoms with van der Waals surface area (Å²) < 4.78 is 0. The Morgan fingerprint density at radius 2 is 2.18 bits per heavy atom. The SMILES string of the molecule is CCN(CCO)C1CC(N)C1. The average molecular weight is 158 g/mol. The fourth-order valence-electron chi connectivity index (χ4n) is 1.66. The quantitative estimate of drug-likeness (QED) is 0.595. The summed E-state index contributed by atoms with van der Waals surface area (Å²) in [6.07, 6.45) is 2.21. The van der Waals surface area contributed by atoms with Crippen molar-refractivity contribution < 1.29 is 5.11 Å². The van der Waals surface area contributed by atoms with Crippen LogP contribution in [0.3, 0.4) is 0 Å². The largest absolute Gasteiger partial charge is 0.395 e. The Labute approximate surface area is 68.2 Å². The Kier molecular flexibility index (Phi) is 3.30. The number of nitrogens with two attached hydrogens (primary N) is 1. The first kappa shape index (κ1) is 8.97. The molecule has 1 rings (SSSR count). The summed E-state index contributed by atoms with van der Waals surface area (Å²) in [6, 6.07) is 1.05. The monoisotopic (exact) mass is 158 g/mol. The van der Waals surface area contributed by atoms with Gasteiger partial charge in [0.1, 0.15) is 0 Å². The van der Waals surface area contributed by atoms with Gasteiger partial charge in [-0.05, 0) is 19.4 Å². The molecule has 0 aromatic heterocycles. The van der Waals surface area contributed by atoms with E-state index < -0.39 is 0 Å². The minimum Gasteiger partial charge on any atom is -0.395 e. The van der Waals surface area contributed by atoms with E-state index in [9.17, 15) is 0 Å². The van der Waals surface area contributed by atoms with E-state index in [0.29, 0.717) is 12.1 Å². The molecule has 3 heteroatoms. The van der Waals surface area contributed by atoms with Gasteiger partial charge in [0.05, 0.1) is 6.61 Å². The second-order valence-electron chi connectivity index (χ2n) is 3.24. The van der Waals surface area contributed by atoms with Crippen molar-refractivity contribution >= 4 is 0 Å². The van der Waals surface area contributed by atoms with Gasteiger partial charge in [-0.3, -0.25) is 4.90 Å². The number of aliphatic hydroxyl groups is 1. The first-order valence-electron chi connectivity index (χ1n) is 4.38. The van der Waals surface area contributed by atoms with E-state index in [2.05, 4.69) is 11.8 Å². The molecule has 0 aromatic rings. The lowest BCUT2D eigenvalue weighted by molar-refractivity contribution is 0.0939. The third-order valence-electron chi connectivity index (χ3n) is 2.46. The Morgan fingerprint density at radius 1 is 1.55 bits per heavy atom. The maximum atomic E-state index is 8.73. The lowest BCUT2D eigenvalue weighted by Gasteiger charge is -2.40. The number of hydrogen-bond acceptors (Lipinski definition) is 3. The van der Waals surface area contributed by atoms with E-state index in [1.807, 2.05) is 0 Å². The van der Waals surface area contributed by atoms with Crippen molar-refractivity contribution in [3.63, 3.8) is 0 Å². The van der Waals surface area contributed by atoms with Gasteiger partial charge in [-0.1, -0.05) is 6.92 Å². The van der Waals surface area contributed by atoms with Crippen molar-refractivity contribution in [1.82, 2.24) is 4.90 Å². The molecule has 3 nitrogen and oxygen atoms in total. The molecule has 0 atom stereocenters. The van der Waals surface area contributed by atoms with Crippen molar-refractivity contribution in [1.29, 1.82) is 0 Å². The van der Waals surface area contributed by atoms with Crippen LogP contribution in [-0.2, 0) is 0 Å². The molecule has 0 spiro atoms. The standard InChI is InChI=1S/C8H18N2O/c1-2-10(3-4-11)8-5-7(9)6-8/h7-8,11H,2-6,9H2,1H3. The summed E-state index contributed by atoms with van der Waals surface area (Å²) in [7, 11) is 0. The van der Waals surface area contributed by atoms with Gasteiger partial charge in [0.25, 0.3) is 0 Å². The van der Waals surface area contributed by atoms with E-state index >= 15 is 0 Å². The topological polar surface area (TPSA) is 49.5 Å². The van der Waals surface area contributed by atoms with Crippen molar-refractivity contribution in [3.8, 4) is 0 Å². The summed E-state index contributed by atoms with van der Waals surface area (Å²) in [6.45, 7) is 4.21. The number of likely N-dealkylation sites (N-methyl/N-ethyl adjacent to an activating group) is 1. The molecular formula is C8H18N2O. The third-order valence-corrected chi connectivity index (χ3v) is 2.46. The number of hydrogen-bond donors (Lipinski definition) is 2. The Balaban J connectivity index is 2.20. The summed E-state index contributed by atoms with van der Waals surface area (Å²) in [5.74, 6) is 0. The normalized spacial score (nSPS) is 30.5. The highest BCUT2D eigenvalue weighted by Crippen LogP contribution is 2.23. The Bertz CT molecular complexity index is 113. The van der Waals surface area contributed by atoms with Gasteiger partial charge in [0.15, 0.2) is 0 Å². The van der Waals surface area contributed by atoms with Gasteiger partial charge >= 0.3 is 0 Å². The van der Waals surface area contributed by atoms with Crippen LogP contribution in [0.25, 0.3) is 0 Å². The predicted molar refractivity (Wildman–Crippen MR) is 45.3 cm³/mol. The number of nitrogens with zero attached hydrogens (tertiary/aromatic N) is 1. The highest BCUT2D eigenvalue weighted by molar-refractivity contribution is 4.89. The summed E-state index contributed by atoms with van der Waals surface area (Å²) in [4.78, 5) is 2.30. The van der Waals surface area contributed by atoms with Crippen LogP contribution in [0.1, 0.15) is 19.8 Å². The van der Waals surface area contributed by atoms with Gasteiger partial charge in [0, 0.05) is 18.6 Å². The van der Waals surface area contributed by atoms with Crippen LogP contribution in [-0.4, -0.2) is 41.8 Å². The molecule has 0 unspecified atom stereocenters. The Hall–Kier alpha value is -0.120. The van der Waals surface area contributed by atoms with E-state index in [1.54, 1.807) is 0 Å². The molecular weight excluding hydrogens is 140 g/mol. The molecule has 1 saturated carbocycles. The van der Waals surface area contributed by atoms with Crippen molar-refractivity contribution in [3.05, 3.63) is 0 Å². The van der Waals surface area contributed by atoms with Gasteiger partial charge in [-0.15, -0.1) is 0 Å². The Morgan fingerprint density at radius 3 is 2.55 bits per heavy atom. The summed E-state index contributed by atoms with van der Waals surface area (Å²) in [5.41, 5.74) is 5.67. The lowest BCUT2D eigenvalue weighted by Crippen LogP contribution is -2.51. The van der Waals surface area contributed by atoms with E-state index in [4.69, 9.17) is 10.8 Å². The maximum Gasteiger partial charge on any atom is 0.0558 e. The molecule has 0 aromatic carbocycles. The summed E-state index contributed by atoms with van der Waals surface area (Å²) in [5, 5.41) is 8.73. The highest BCUT2D eigenvalue weighted by Gasteiger charge is 2.29. The molecule has 66 valence electrons. The first-order chi connectivity index (χ1) is 5.27. The number of rotatable bonds is 4. The van der Waals surface area contributed by atoms with Crippen LogP contribution in [0.2, 0.25) is 0 Å². The molecule has 0 amide bonds. The average Bonchev–Trinajstić information content (AvgIpc) is 1.95. The van der Waals surface area contributed by atoms with E-state index in [1.165, 1.54) is 0 Å². The van der Waals surface area contributed by atoms with Gasteiger partial charge in [0.2, 0.25) is 0 Å². The van der Waals surface area contributed by atoms with Gasteiger partial charge in [-0.2, -0.15) is 0 Å². The molecule has 1 aliphatic rings. The lowest BCUT2D eigenvalue weighted by atomic mass is 9.86. The van der Waals surface area contributed by atoms with Crippen LogP contribution in [0.4, 0.5) is 0 Å². The number of aliphatic hydroxyl groups excluding tert-OH is 1. The zero-order valence-corrected chi connectivity index (χ0v) is 7.16. The van der Waals surface area contributed by atoms with Crippen LogP contribution in [0.15, 0.2) is 0 Å². The second-order valence-corrected chi connectivity index (χ2v) is 3.24. The summed E-state index contributed by atoms with van der Waals surface area (Å²) >= 11 is 0. The van der Waals surface area contributed by atoms with Gasteiger partial charge in [-0.25, -0.2) is 0 Å². The molecule has 0 heterocycles. The van der Waals surface area contributed by atoms with Crippen LogP contribution >= 0.6 is 0 Å². The zero-order chi connectivity index (χ0) is 8.27. The van der Waals surface area contributed by atoms with Crippen LogP contribution in [0, 0.1) is 0 Å². The highest BCUT2D eigenvalue weighted by atomic mass is 16.3. The molecule has 0 aliphatic heterocycles. The van der Waals surface area contributed by atoms with Gasteiger partial charge < -0.3 is 10.8 Å². The minimum atomic E-state index is 0.263. The first-order valence-corrected chi connectivity index (χ1v) is 4.38. The van der Waals surface area contributed by atoms with Crippen molar-refractivity contribution in [2.75, 3.05) is 19.7 Å². The predicted octanol–water partition coefficient (Wildman–Crippen LogP) is -0.210. The molecule has 0 bridgehead atoms. The molecule has 1 fully saturated rings. The third kappa shape index (κ3) is 2.15. The fraction of sp³-hybridized carbons (Fsp3) is 1.00. The van der Waals surface area contributed by atoms with E-state index in [-0.39, 0.29) is 6.61 Å². The maximum absolute atomic E-state index is 8.73. The molecule has 0 saturated heterocycles.